The van der Waals surface area contributed by atoms with Crippen molar-refractivity contribution in [1.82, 2.24) is 4.98 Å². The van der Waals surface area contributed by atoms with E-state index in [0.29, 0.717) is 11.1 Å². The first-order valence-corrected chi connectivity index (χ1v) is 10.8. The van der Waals surface area contributed by atoms with E-state index in [0.717, 1.165) is 12.1 Å². The lowest BCUT2D eigenvalue weighted by molar-refractivity contribution is -0.144. The molecule has 0 saturated heterocycles. The molecule has 0 amide bonds. The number of ether oxygens (including phenoxy) is 1. The molecule has 3 rings (SSSR count). The van der Waals surface area contributed by atoms with Crippen LogP contribution >= 0.6 is 23.2 Å². The zero-order chi connectivity index (χ0) is 26.3. The molecule has 3 nitrogen and oxygen atoms in total. The van der Waals surface area contributed by atoms with Crippen LogP contribution in [0.25, 0.3) is 22.3 Å². The summed E-state index contributed by atoms with van der Waals surface area (Å²) < 4.78 is 90.8. The van der Waals surface area contributed by atoms with E-state index in [-0.39, 0.29) is 27.8 Å². The molecule has 0 bridgehead atoms. The van der Waals surface area contributed by atoms with Crippen LogP contribution in [0.2, 0.25) is 10.0 Å². The quantitative estimate of drug-likeness (QED) is 0.248. The summed E-state index contributed by atoms with van der Waals surface area (Å²) in [6.45, 7) is 4.09. The zero-order valence-corrected chi connectivity index (χ0v) is 20.0. The van der Waals surface area contributed by atoms with Gasteiger partial charge in [0.1, 0.15) is 0 Å². The lowest BCUT2D eigenvalue weighted by Crippen LogP contribution is -2.23. The molecule has 0 saturated carbocycles. The van der Waals surface area contributed by atoms with Crippen LogP contribution in [0.3, 0.4) is 0 Å². The Morgan fingerprint density at radius 2 is 1.34 bits per heavy atom. The molecule has 186 valence electrons. The first-order valence-electron chi connectivity index (χ1n) is 10.1. The smallest absolute Gasteiger partial charge is 0.434 e. The van der Waals surface area contributed by atoms with Gasteiger partial charge in [0.15, 0.2) is 11.4 Å². The Balaban J connectivity index is 2.65. The van der Waals surface area contributed by atoms with E-state index < -0.39 is 46.4 Å². The second kappa shape index (κ2) is 9.70. The van der Waals surface area contributed by atoms with Crippen LogP contribution in [0.4, 0.5) is 26.3 Å². The van der Waals surface area contributed by atoms with Gasteiger partial charge in [-0.25, -0.2) is 9.78 Å². The van der Waals surface area contributed by atoms with E-state index in [1.165, 1.54) is 31.2 Å². The number of aromatic nitrogens is 1. The molecule has 0 atom stereocenters. The number of rotatable bonds is 4. The van der Waals surface area contributed by atoms with Gasteiger partial charge in [0.2, 0.25) is 0 Å². The van der Waals surface area contributed by atoms with Crippen molar-refractivity contribution in [3.05, 3.63) is 74.5 Å². The predicted molar refractivity (Wildman–Crippen MR) is 121 cm³/mol. The van der Waals surface area contributed by atoms with Crippen molar-refractivity contribution in [2.75, 3.05) is 6.61 Å². The number of halogens is 8. The average Bonchev–Trinajstić information content (AvgIpc) is 2.75. The summed E-state index contributed by atoms with van der Waals surface area (Å²) in [5.74, 6) is -1.64. The van der Waals surface area contributed by atoms with Crippen molar-refractivity contribution in [2.24, 2.45) is 0 Å². The molecule has 0 N–H and O–H groups in total. The highest BCUT2D eigenvalue weighted by atomic mass is 35.5. The minimum absolute atomic E-state index is 0.0200. The van der Waals surface area contributed by atoms with Gasteiger partial charge in [-0.3, -0.25) is 0 Å². The van der Waals surface area contributed by atoms with E-state index in [2.05, 4.69) is 9.72 Å². The Bertz CT molecular complexity index is 1300. The number of benzene rings is 2. The molecular weight excluding hydrogens is 519 g/mol. The number of carbonyl (C=O) groups excluding carboxylic acids is 1. The maximum atomic E-state index is 14.5. The lowest BCUT2D eigenvalue weighted by atomic mass is 9.87. The van der Waals surface area contributed by atoms with E-state index in [4.69, 9.17) is 23.2 Å². The van der Waals surface area contributed by atoms with Gasteiger partial charge in [0, 0.05) is 21.2 Å². The van der Waals surface area contributed by atoms with Crippen LogP contribution < -0.4 is 0 Å². The third kappa shape index (κ3) is 5.41. The van der Waals surface area contributed by atoms with Crippen molar-refractivity contribution in [3.8, 4) is 22.3 Å². The normalized spacial score (nSPS) is 12.1. The molecule has 3 aromatic rings. The second-order valence-electron chi connectivity index (χ2n) is 7.58. The first kappa shape index (κ1) is 26.8. The van der Waals surface area contributed by atoms with Gasteiger partial charge < -0.3 is 4.74 Å². The van der Waals surface area contributed by atoms with E-state index >= 15 is 0 Å². The van der Waals surface area contributed by atoms with Gasteiger partial charge in [-0.15, -0.1) is 0 Å². The van der Waals surface area contributed by atoms with Crippen LogP contribution in [0.15, 0.2) is 36.4 Å². The number of hydrogen-bond acceptors (Lipinski definition) is 3. The number of carbonyl (C=O) groups is 1. The maximum absolute atomic E-state index is 14.5. The van der Waals surface area contributed by atoms with Gasteiger partial charge in [-0.2, -0.15) is 26.3 Å². The summed E-state index contributed by atoms with van der Waals surface area (Å²) in [6, 6.07) is 7.36. The molecule has 2 aromatic carbocycles. The van der Waals surface area contributed by atoms with Crippen molar-refractivity contribution >= 4 is 29.2 Å². The van der Waals surface area contributed by atoms with Crippen molar-refractivity contribution in [2.45, 2.75) is 33.1 Å². The van der Waals surface area contributed by atoms with Crippen molar-refractivity contribution in [3.63, 3.8) is 0 Å². The predicted octanol–water partition coefficient (Wildman–Crippen LogP) is 8.55. The highest BCUT2D eigenvalue weighted by Crippen LogP contribution is 2.49. The molecule has 35 heavy (non-hydrogen) atoms. The van der Waals surface area contributed by atoms with Gasteiger partial charge in [0.25, 0.3) is 0 Å². The van der Waals surface area contributed by atoms with Crippen LogP contribution in [0.5, 0.6) is 0 Å². The molecule has 0 unspecified atom stereocenters. The highest BCUT2D eigenvalue weighted by Gasteiger charge is 2.46. The fourth-order valence-corrected chi connectivity index (χ4v) is 3.84. The number of alkyl halides is 6. The number of nitrogens with zero attached hydrogens (tertiary/aromatic N) is 1. The molecule has 0 spiro atoms. The Morgan fingerprint density at radius 3 is 1.74 bits per heavy atom. The minimum atomic E-state index is -5.28. The van der Waals surface area contributed by atoms with Gasteiger partial charge >= 0.3 is 18.3 Å². The average molecular weight is 536 g/mol. The number of aryl methyl sites for hydroxylation is 2. The molecule has 0 aliphatic carbocycles. The van der Waals surface area contributed by atoms with E-state index in [1.807, 2.05) is 0 Å². The summed E-state index contributed by atoms with van der Waals surface area (Å²) in [5, 5.41) is 0.0538. The lowest BCUT2D eigenvalue weighted by Gasteiger charge is -2.24. The largest absolute Gasteiger partial charge is 0.461 e. The first-order chi connectivity index (χ1) is 16.2. The van der Waals surface area contributed by atoms with Crippen molar-refractivity contribution < 1.29 is 35.9 Å². The monoisotopic (exact) mass is 535 g/mol. The highest BCUT2D eigenvalue weighted by molar-refractivity contribution is 6.32. The summed E-state index contributed by atoms with van der Waals surface area (Å²) >= 11 is 12.2. The Morgan fingerprint density at radius 1 is 0.857 bits per heavy atom. The number of pyridine rings is 1. The topological polar surface area (TPSA) is 39.2 Å². The molecule has 0 radical (unpaired) electrons. The molecule has 0 aliphatic heterocycles. The number of hydrogen-bond donors (Lipinski definition) is 0. The van der Waals surface area contributed by atoms with Crippen LogP contribution in [0, 0.1) is 13.8 Å². The standard InChI is InChI=1S/C24H17Cl2F6NO2/c1-4-35-22(34)20-19(23(27,28)29)17(13-7-5-11(2)15(25)9-13)18(21(33-20)24(30,31)32)14-8-6-12(3)16(26)10-14/h5-10H,4H2,1-3H3. The summed E-state index contributed by atoms with van der Waals surface area (Å²) in [4.78, 5) is 15.6. The third-order valence-electron chi connectivity index (χ3n) is 5.14. The molecule has 0 fully saturated rings. The molecule has 11 heteroatoms. The van der Waals surface area contributed by atoms with E-state index in [9.17, 15) is 31.1 Å². The summed E-state index contributed by atoms with van der Waals surface area (Å²) in [7, 11) is 0. The SMILES string of the molecule is CCOC(=O)c1nc(C(F)(F)F)c(-c2ccc(C)c(Cl)c2)c(-c2ccc(C)c(Cl)c2)c1C(F)(F)F. The molecule has 1 heterocycles. The summed E-state index contributed by atoms with van der Waals surface area (Å²) in [6.07, 6.45) is -10.5. The van der Waals surface area contributed by atoms with Crippen LogP contribution in [-0.2, 0) is 17.1 Å². The fourth-order valence-electron chi connectivity index (χ4n) is 3.48. The Labute approximate surface area is 206 Å². The van der Waals surface area contributed by atoms with Gasteiger partial charge in [-0.05, 0) is 55.2 Å². The number of esters is 1. The summed E-state index contributed by atoms with van der Waals surface area (Å²) in [5.41, 5.74) is -6.25. The zero-order valence-electron chi connectivity index (χ0n) is 18.5. The fraction of sp³-hybridized carbons (Fsp3) is 0.250. The molecular formula is C24H17Cl2F6NO2. The Kier molecular flexibility index (Phi) is 7.43. The second-order valence-corrected chi connectivity index (χ2v) is 8.39. The van der Waals surface area contributed by atoms with Gasteiger partial charge in [0.05, 0.1) is 12.2 Å². The molecule has 1 aromatic heterocycles. The molecule has 0 aliphatic rings. The van der Waals surface area contributed by atoms with Gasteiger partial charge in [-0.1, -0.05) is 47.5 Å². The third-order valence-corrected chi connectivity index (χ3v) is 5.95. The maximum Gasteiger partial charge on any atom is 0.434 e. The van der Waals surface area contributed by atoms with Crippen LogP contribution in [-0.4, -0.2) is 17.6 Å². The van der Waals surface area contributed by atoms with Crippen molar-refractivity contribution in [1.29, 1.82) is 0 Å². The minimum Gasteiger partial charge on any atom is -0.461 e. The van der Waals surface area contributed by atoms with Crippen LogP contribution in [0.1, 0.15) is 39.8 Å². The van der Waals surface area contributed by atoms with E-state index in [1.54, 1.807) is 13.8 Å². The Hall–Kier alpha value is -2.78.